The SMILES string of the molecule is Nc1cccc(OCCCSCC2CCCC2)c1. The number of anilines is 1. The molecule has 1 saturated carbocycles. The third kappa shape index (κ3) is 4.81. The first kappa shape index (κ1) is 13.6. The first-order chi connectivity index (χ1) is 8.84. The van der Waals surface area contributed by atoms with Crippen LogP contribution >= 0.6 is 11.8 Å². The Morgan fingerprint density at radius 2 is 2.11 bits per heavy atom. The number of benzene rings is 1. The van der Waals surface area contributed by atoms with Gasteiger partial charge in [0, 0.05) is 11.8 Å². The van der Waals surface area contributed by atoms with E-state index in [0.29, 0.717) is 0 Å². The minimum absolute atomic E-state index is 0.767. The molecule has 3 heteroatoms. The average Bonchev–Trinajstić information content (AvgIpc) is 2.87. The van der Waals surface area contributed by atoms with Crippen LogP contribution in [-0.4, -0.2) is 18.1 Å². The van der Waals surface area contributed by atoms with Gasteiger partial charge in [-0.05, 0) is 48.8 Å². The molecule has 1 fully saturated rings. The lowest BCUT2D eigenvalue weighted by Crippen LogP contribution is -2.02. The van der Waals surface area contributed by atoms with E-state index in [1.165, 1.54) is 37.2 Å². The van der Waals surface area contributed by atoms with Gasteiger partial charge in [-0.25, -0.2) is 0 Å². The smallest absolute Gasteiger partial charge is 0.121 e. The molecule has 0 aromatic heterocycles. The maximum atomic E-state index is 5.70. The lowest BCUT2D eigenvalue weighted by molar-refractivity contribution is 0.319. The molecule has 0 unspecified atom stereocenters. The third-order valence-electron chi connectivity index (χ3n) is 3.39. The van der Waals surface area contributed by atoms with E-state index in [9.17, 15) is 0 Å². The number of thioether (sulfide) groups is 1. The van der Waals surface area contributed by atoms with Crippen molar-refractivity contribution in [3.8, 4) is 5.75 Å². The van der Waals surface area contributed by atoms with Crippen LogP contribution in [0.1, 0.15) is 32.1 Å². The lowest BCUT2D eigenvalue weighted by Gasteiger charge is -2.09. The summed E-state index contributed by atoms with van der Waals surface area (Å²) >= 11 is 2.08. The Morgan fingerprint density at radius 3 is 2.89 bits per heavy atom. The molecule has 0 amide bonds. The van der Waals surface area contributed by atoms with Gasteiger partial charge >= 0.3 is 0 Å². The number of nitrogen functional groups attached to an aromatic ring is 1. The molecule has 0 spiro atoms. The molecule has 0 saturated heterocycles. The summed E-state index contributed by atoms with van der Waals surface area (Å²) in [5.41, 5.74) is 6.46. The van der Waals surface area contributed by atoms with Gasteiger partial charge in [-0.2, -0.15) is 11.8 Å². The molecular weight excluding hydrogens is 242 g/mol. The lowest BCUT2D eigenvalue weighted by atomic mass is 10.1. The Bertz CT molecular complexity index is 350. The second kappa shape index (κ2) is 7.57. The van der Waals surface area contributed by atoms with Gasteiger partial charge in [-0.15, -0.1) is 0 Å². The largest absolute Gasteiger partial charge is 0.493 e. The van der Waals surface area contributed by atoms with Crippen LogP contribution in [0.3, 0.4) is 0 Å². The van der Waals surface area contributed by atoms with Crippen LogP contribution in [0.5, 0.6) is 5.75 Å². The van der Waals surface area contributed by atoms with Gasteiger partial charge < -0.3 is 10.5 Å². The van der Waals surface area contributed by atoms with Crippen LogP contribution < -0.4 is 10.5 Å². The molecule has 2 nitrogen and oxygen atoms in total. The molecule has 0 atom stereocenters. The van der Waals surface area contributed by atoms with Crippen LogP contribution in [-0.2, 0) is 0 Å². The summed E-state index contributed by atoms with van der Waals surface area (Å²) in [7, 11) is 0. The highest BCUT2D eigenvalue weighted by molar-refractivity contribution is 7.99. The van der Waals surface area contributed by atoms with Crippen molar-refractivity contribution in [3.63, 3.8) is 0 Å². The van der Waals surface area contributed by atoms with E-state index in [-0.39, 0.29) is 0 Å². The zero-order valence-electron chi connectivity index (χ0n) is 10.9. The molecule has 100 valence electrons. The van der Waals surface area contributed by atoms with Crippen molar-refractivity contribution < 1.29 is 4.74 Å². The predicted octanol–water partition coefficient (Wildman–Crippen LogP) is 3.96. The van der Waals surface area contributed by atoms with Gasteiger partial charge in [0.05, 0.1) is 6.61 Å². The van der Waals surface area contributed by atoms with Crippen molar-refractivity contribution in [2.45, 2.75) is 32.1 Å². The molecule has 0 aliphatic heterocycles. The number of nitrogens with two attached hydrogens (primary N) is 1. The number of ether oxygens (including phenoxy) is 1. The summed E-state index contributed by atoms with van der Waals surface area (Å²) in [5.74, 6) is 4.43. The molecule has 2 N–H and O–H groups in total. The number of hydrogen-bond acceptors (Lipinski definition) is 3. The summed E-state index contributed by atoms with van der Waals surface area (Å²) in [6.45, 7) is 0.793. The van der Waals surface area contributed by atoms with Gasteiger partial charge in [0.2, 0.25) is 0 Å². The average molecular weight is 265 g/mol. The van der Waals surface area contributed by atoms with E-state index in [1.807, 2.05) is 24.3 Å². The fourth-order valence-electron chi connectivity index (χ4n) is 2.38. The van der Waals surface area contributed by atoms with E-state index in [0.717, 1.165) is 30.4 Å². The van der Waals surface area contributed by atoms with Crippen LogP contribution in [0.25, 0.3) is 0 Å². The molecule has 18 heavy (non-hydrogen) atoms. The summed E-state index contributed by atoms with van der Waals surface area (Å²) in [5, 5.41) is 0. The Labute approximate surface area is 114 Å². The molecule has 1 aromatic carbocycles. The molecule has 1 aliphatic carbocycles. The Morgan fingerprint density at radius 1 is 1.28 bits per heavy atom. The highest BCUT2D eigenvalue weighted by Gasteiger charge is 2.14. The molecule has 0 bridgehead atoms. The van der Waals surface area contributed by atoms with Crippen molar-refractivity contribution >= 4 is 17.4 Å². The van der Waals surface area contributed by atoms with Crippen molar-refractivity contribution in [2.75, 3.05) is 23.8 Å². The molecule has 0 radical (unpaired) electrons. The van der Waals surface area contributed by atoms with Gasteiger partial charge in [-0.1, -0.05) is 18.9 Å². The maximum Gasteiger partial charge on any atom is 0.121 e. The van der Waals surface area contributed by atoms with Gasteiger partial charge in [0.15, 0.2) is 0 Å². The minimum Gasteiger partial charge on any atom is -0.493 e. The summed E-state index contributed by atoms with van der Waals surface area (Å²) in [6.07, 6.45) is 6.92. The zero-order chi connectivity index (χ0) is 12.6. The van der Waals surface area contributed by atoms with E-state index >= 15 is 0 Å². The third-order valence-corrected chi connectivity index (χ3v) is 4.67. The topological polar surface area (TPSA) is 35.2 Å². The summed E-state index contributed by atoms with van der Waals surface area (Å²) in [6, 6.07) is 7.65. The molecule has 1 aromatic rings. The Balaban J connectivity index is 1.50. The highest BCUT2D eigenvalue weighted by Crippen LogP contribution is 2.28. The first-order valence-electron chi connectivity index (χ1n) is 6.90. The normalized spacial score (nSPS) is 16.0. The van der Waals surface area contributed by atoms with Crippen molar-refractivity contribution in [2.24, 2.45) is 5.92 Å². The quantitative estimate of drug-likeness (QED) is 0.598. The zero-order valence-corrected chi connectivity index (χ0v) is 11.8. The second-order valence-electron chi connectivity index (χ2n) is 5.00. The van der Waals surface area contributed by atoms with Gasteiger partial charge in [0.25, 0.3) is 0 Å². The van der Waals surface area contributed by atoms with Crippen LogP contribution in [0.4, 0.5) is 5.69 Å². The first-order valence-corrected chi connectivity index (χ1v) is 8.06. The Kier molecular flexibility index (Phi) is 5.72. The van der Waals surface area contributed by atoms with E-state index in [4.69, 9.17) is 10.5 Å². The van der Waals surface area contributed by atoms with Crippen LogP contribution in [0, 0.1) is 5.92 Å². The van der Waals surface area contributed by atoms with Gasteiger partial charge in [0.1, 0.15) is 5.75 Å². The van der Waals surface area contributed by atoms with Crippen LogP contribution in [0.2, 0.25) is 0 Å². The standard InChI is InChI=1S/C15H23NOS/c16-14-7-3-8-15(11-14)17-9-4-10-18-12-13-5-1-2-6-13/h3,7-8,11,13H,1-2,4-6,9-10,12,16H2. The predicted molar refractivity (Wildman–Crippen MR) is 80.2 cm³/mol. The molecule has 2 rings (SSSR count). The van der Waals surface area contributed by atoms with E-state index in [2.05, 4.69) is 11.8 Å². The minimum atomic E-state index is 0.767. The summed E-state index contributed by atoms with van der Waals surface area (Å²) in [4.78, 5) is 0. The fraction of sp³-hybridized carbons (Fsp3) is 0.600. The molecule has 0 heterocycles. The number of rotatable bonds is 7. The van der Waals surface area contributed by atoms with E-state index in [1.54, 1.807) is 0 Å². The van der Waals surface area contributed by atoms with Crippen molar-refractivity contribution in [1.29, 1.82) is 0 Å². The Hall–Kier alpha value is -0.830. The molecule has 1 aliphatic rings. The molecular formula is C15H23NOS. The van der Waals surface area contributed by atoms with Gasteiger partial charge in [-0.3, -0.25) is 0 Å². The van der Waals surface area contributed by atoms with Crippen molar-refractivity contribution in [3.05, 3.63) is 24.3 Å². The second-order valence-corrected chi connectivity index (χ2v) is 6.15. The maximum absolute atomic E-state index is 5.70. The monoisotopic (exact) mass is 265 g/mol. The van der Waals surface area contributed by atoms with E-state index < -0.39 is 0 Å². The summed E-state index contributed by atoms with van der Waals surface area (Å²) < 4.78 is 5.67. The number of hydrogen-bond donors (Lipinski definition) is 1. The van der Waals surface area contributed by atoms with Crippen LogP contribution in [0.15, 0.2) is 24.3 Å². The van der Waals surface area contributed by atoms with Crippen molar-refractivity contribution in [1.82, 2.24) is 0 Å². The fourth-order valence-corrected chi connectivity index (χ4v) is 3.54. The highest BCUT2D eigenvalue weighted by atomic mass is 32.2.